The van der Waals surface area contributed by atoms with Crippen molar-refractivity contribution >= 4 is 11.9 Å². The number of furan rings is 1. The van der Waals surface area contributed by atoms with Crippen LogP contribution in [-0.2, 0) is 0 Å². The van der Waals surface area contributed by atoms with Gasteiger partial charge < -0.3 is 9.52 Å². The second kappa shape index (κ2) is 4.70. The Hall–Kier alpha value is -2.29. The summed E-state index contributed by atoms with van der Waals surface area (Å²) in [6.07, 6.45) is 3.06. The van der Waals surface area contributed by atoms with Crippen LogP contribution in [0.5, 0.6) is 5.75 Å². The first kappa shape index (κ1) is 11.2. The van der Waals surface area contributed by atoms with E-state index in [9.17, 15) is 9.90 Å². The lowest BCUT2D eigenvalue weighted by atomic mass is 10.2. The molecule has 0 amide bonds. The lowest BCUT2D eigenvalue weighted by Crippen LogP contribution is -1.90. The maximum absolute atomic E-state index is 11.7. The Morgan fingerprint density at radius 2 is 2.12 bits per heavy atom. The molecule has 2 aromatic rings. The molecule has 0 radical (unpaired) electrons. The number of carbonyl (C=O) groups excluding carboxylic acids is 1. The van der Waals surface area contributed by atoms with Crippen molar-refractivity contribution in [1.29, 1.82) is 0 Å². The van der Waals surface area contributed by atoms with Gasteiger partial charge in [0.2, 0.25) is 5.78 Å². The first-order valence-corrected chi connectivity index (χ1v) is 5.23. The molecule has 0 saturated carbocycles. The summed E-state index contributed by atoms with van der Waals surface area (Å²) in [6, 6.07) is 10.1. The molecule has 1 N–H and O–H groups in total. The topological polar surface area (TPSA) is 50.4 Å². The zero-order valence-corrected chi connectivity index (χ0v) is 9.38. The third-order valence-corrected chi connectivity index (χ3v) is 2.28. The van der Waals surface area contributed by atoms with E-state index in [1.165, 1.54) is 6.08 Å². The van der Waals surface area contributed by atoms with Gasteiger partial charge >= 0.3 is 0 Å². The van der Waals surface area contributed by atoms with E-state index >= 15 is 0 Å². The monoisotopic (exact) mass is 228 g/mol. The number of phenolic OH excluding ortho intramolecular Hbond substituents is 1. The fraction of sp³-hybridized carbons (Fsp3) is 0.0714. The van der Waals surface area contributed by atoms with Crippen molar-refractivity contribution in [3.63, 3.8) is 0 Å². The van der Waals surface area contributed by atoms with Gasteiger partial charge in [-0.05, 0) is 42.8 Å². The average Bonchev–Trinajstić information content (AvgIpc) is 2.73. The molecule has 3 heteroatoms. The Morgan fingerprint density at radius 3 is 2.76 bits per heavy atom. The van der Waals surface area contributed by atoms with Crippen molar-refractivity contribution in [2.75, 3.05) is 0 Å². The smallest absolute Gasteiger partial charge is 0.221 e. The van der Waals surface area contributed by atoms with Crippen LogP contribution in [0.1, 0.15) is 21.9 Å². The van der Waals surface area contributed by atoms with Gasteiger partial charge in [0.05, 0.1) is 0 Å². The SMILES string of the molecule is Cc1ccc(C(=O)/C=C\c2cccc(O)c2)o1. The van der Waals surface area contributed by atoms with Gasteiger partial charge in [-0.15, -0.1) is 0 Å². The Labute approximate surface area is 99.0 Å². The Bertz CT molecular complexity index is 564. The fourth-order valence-electron chi connectivity index (χ4n) is 1.45. The molecule has 0 aliphatic carbocycles. The van der Waals surface area contributed by atoms with Gasteiger partial charge in [-0.1, -0.05) is 18.2 Å². The molecule has 2 rings (SSSR count). The van der Waals surface area contributed by atoms with E-state index in [4.69, 9.17) is 4.42 Å². The summed E-state index contributed by atoms with van der Waals surface area (Å²) in [5.74, 6) is 1.01. The maximum atomic E-state index is 11.7. The number of aryl methyl sites for hydroxylation is 1. The molecule has 0 atom stereocenters. The van der Waals surface area contributed by atoms with Gasteiger partial charge in [-0.3, -0.25) is 4.79 Å². The average molecular weight is 228 g/mol. The van der Waals surface area contributed by atoms with Crippen molar-refractivity contribution in [3.05, 3.63) is 59.6 Å². The predicted molar refractivity (Wildman–Crippen MR) is 64.9 cm³/mol. The molecule has 17 heavy (non-hydrogen) atoms. The van der Waals surface area contributed by atoms with Gasteiger partial charge in [-0.25, -0.2) is 0 Å². The minimum absolute atomic E-state index is 0.174. The Kier molecular flexibility index (Phi) is 3.10. The van der Waals surface area contributed by atoms with Crippen molar-refractivity contribution in [3.8, 4) is 5.75 Å². The van der Waals surface area contributed by atoms with E-state index in [0.717, 1.165) is 5.56 Å². The molecule has 0 aliphatic rings. The van der Waals surface area contributed by atoms with Gasteiger partial charge in [0, 0.05) is 0 Å². The largest absolute Gasteiger partial charge is 0.508 e. The lowest BCUT2D eigenvalue weighted by Gasteiger charge is -1.94. The highest BCUT2D eigenvalue weighted by molar-refractivity contribution is 6.04. The van der Waals surface area contributed by atoms with Crippen LogP contribution in [0.25, 0.3) is 6.08 Å². The highest BCUT2D eigenvalue weighted by atomic mass is 16.3. The molecule has 0 saturated heterocycles. The lowest BCUT2D eigenvalue weighted by molar-refractivity contribution is 0.102. The number of phenols is 1. The standard InChI is InChI=1S/C14H12O3/c1-10-5-8-14(17-10)13(16)7-6-11-3-2-4-12(15)9-11/h2-9,15H,1H3/b7-6-. The second-order valence-corrected chi connectivity index (χ2v) is 3.70. The molecule has 0 unspecified atom stereocenters. The minimum atomic E-state index is -0.193. The van der Waals surface area contributed by atoms with Crippen molar-refractivity contribution in [2.24, 2.45) is 0 Å². The summed E-state index contributed by atoms with van der Waals surface area (Å²) >= 11 is 0. The zero-order valence-electron chi connectivity index (χ0n) is 9.38. The molecule has 1 aromatic heterocycles. The van der Waals surface area contributed by atoms with E-state index in [-0.39, 0.29) is 11.5 Å². The Morgan fingerprint density at radius 1 is 1.29 bits per heavy atom. The summed E-state index contributed by atoms with van der Waals surface area (Å²) in [5, 5.41) is 9.26. The Balaban J connectivity index is 2.13. The van der Waals surface area contributed by atoms with Gasteiger partial charge in [-0.2, -0.15) is 0 Å². The predicted octanol–water partition coefficient (Wildman–Crippen LogP) is 3.19. The summed E-state index contributed by atoms with van der Waals surface area (Å²) in [4.78, 5) is 11.7. The maximum Gasteiger partial charge on any atom is 0.221 e. The number of allylic oxidation sites excluding steroid dienone is 1. The summed E-state index contributed by atoms with van der Waals surface area (Å²) in [5.41, 5.74) is 0.765. The molecular weight excluding hydrogens is 216 g/mol. The number of rotatable bonds is 3. The van der Waals surface area contributed by atoms with Crippen LogP contribution in [0.15, 0.2) is 46.9 Å². The molecule has 0 bridgehead atoms. The number of ketones is 1. The molecule has 1 aromatic carbocycles. The normalized spacial score (nSPS) is 10.9. The molecule has 3 nitrogen and oxygen atoms in total. The minimum Gasteiger partial charge on any atom is -0.508 e. The summed E-state index contributed by atoms with van der Waals surface area (Å²) in [7, 11) is 0. The van der Waals surface area contributed by atoms with Crippen molar-refractivity contribution in [2.45, 2.75) is 6.92 Å². The molecule has 0 spiro atoms. The van der Waals surface area contributed by atoms with Crippen LogP contribution in [0.4, 0.5) is 0 Å². The molecule has 86 valence electrons. The number of aromatic hydroxyl groups is 1. The van der Waals surface area contributed by atoms with Gasteiger partial charge in [0.25, 0.3) is 0 Å². The highest BCUT2D eigenvalue weighted by Crippen LogP contribution is 2.13. The van der Waals surface area contributed by atoms with Gasteiger partial charge in [0.1, 0.15) is 11.5 Å². The van der Waals surface area contributed by atoms with Crippen LogP contribution >= 0.6 is 0 Å². The van der Waals surface area contributed by atoms with Crippen LogP contribution < -0.4 is 0 Å². The molecule has 1 heterocycles. The third-order valence-electron chi connectivity index (χ3n) is 2.28. The van der Waals surface area contributed by atoms with E-state index < -0.39 is 0 Å². The number of benzene rings is 1. The van der Waals surface area contributed by atoms with Crippen LogP contribution in [-0.4, -0.2) is 10.9 Å². The second-order valence-electron chi connectivity index (χ2n) is 3.70. The van der Waals surface area contributed by atoms with Crippen molar-refractivity contribution < 1.29 is 14.3 Å². The van der Waals surface area contributed by atoms with E-state index in [2.05, 4.69) is 0 Å². The first-order chi connectivity index (χ1) is 8.15. The number of carbonyl (C=O) groups is 1. The highest BCUT2D eigenvalue weighted by Gasteiger charge is 2.05. The zero-order chi connectivity index (χ0) is 12.3. The van der Waals surface area contributed by atoms with Crippen LogP contribution in [0, 0.1) is 6.92 Å². The summed E-state index contributed by atoms with van der Waals surface area (Å²) < 4.78 is 5.21. The van der Waals surface area contributed by atoms with Crippen LogP contribution in [0.2, 0.25) is 0 Å². The van der Waals surface area contributed by atoms with E-state index in [1.54, 1.807) is 49.4 Å². The third kappa shape index (κ3) is 2.84. The van der Waals surface area contributed by atoms with E-state index in [1.807, 2.05) is 0 Å². The fourth-order valence-corrected chi connectivity index (χ4v) is 1.45. The summed E-state index contributed by atoms with van der Waals surface area (Å²) in [6.45, 7) is 1.79. The number of hydrogen-bond acceptors (Lipinski definition) is 3. The quantitative estimate of drug-likeness (QED) is 0.648. The molecule has 0 aliphatic heterocycles. The first-order valence-electron chi connectivity index (χ1n) is 5.23. The van der Waals surface area contributed by atoms with Crippen LogP contribution in [0.3, 0.4) is 0 Å². The molecule has 0 fully saturated rings. The van der Waals surface area contributed by atoms with Gasteiger partial charge in [0.15, 0.2) is 5.76 Å². The van der Waals surface area contributed by atoms with E-state index in [0.29, 0.717) is 11.5 Å². The molecular formula is C14H12O3. The number of hydrogen-bond donors (Lipinski definition) is 1. The van der Waals surface area contributed by atoms with Crippen molar-refractivity contribution in [1.82, 2.24) is 0 Å².